The van der Waals surface area contributed by atoms with E-state index in [4.69, 9.17) is 0 Å². The first-order chi connectivity index (χ1) is 8.61. The Balaban J connectivity index is 2.23. The predicted molar refractivity (Wildman–Crippen MR) is 73.3 cm³/mol. The normalized spacial score (nSPS) is 19.9. The molecule has 0 aromatic heterocycles. The van der Waals surface area contributed by atoms with Crippen molar-refractivity contribution in [3.8, 4) is 0 Å². The number of rotatable bonds is 3. The monoisotopic (exact) mass is 310 g/mol. The van der Waals surface area contributed by atoms with E-state index in [-0.39, 0.29) is 24.4 Å². The molecule has 2 rings (SSSR count). The van der Waals surface area contributed by atoms with E-state index >= 15 is 0 Å². The molecule has 1 unspecified atom stereocenters. The second-order valence-electron chi connectivity index (χ2n) is 4.31. The number of benzene rings is 1. The predicted octanol–water partition coefficient (Wildman–Crippen LogP) is 2.08. The summed E-state index contributed by atoms with van der Waals surface area (Å²) < 4.78 is 0.949. The number of piperazine rings is 1. The van der Waals surface area contributed by atoms with Crippen LogP contribution in [0.3, 0.4) is 0 Å². The fourth-order valence-corrected chi connectivity index (χ4v) is 2.30. The lowest BCUT2D eigenvalue weighted by molar-refractivity contribution is -0.131. The quantitative estimate of drug-likeness (QED) is 0.929. The van der Waals surface area contributed by atoms with Gasteiger partial charge in [-0.15, -0.1) is 0 Å². The van der Waals surface area contributed by atoms with Gasteiger partial charge in [-0.2, -0.15) is 0 Å². The lowest BCUT2D eigenvalue weighted by Crippen LogP contribution is -2.58. The van der Waals surface area contributed by atoms with Gasteiger partial charge in [0.15, 0.2) is 0 Å². The van der Waals surface area contributed by atoms with Gasteiger partial charge >= 0.3 is 0 Å². The number of nitrogens with zero attached hydrogens (tertiary/aromatic N) is 1. The highest BCUT2D eigenvalue weighted by Gasteiger charge is 2.32. The number of hydrogen-bond acceptors (Lipinski definition) is 2. The van der Waals surface area contributed by atoms with E-state index in [9.17, 15) is 9.59 Å². The zero-order chi connectivity index (χ0) is 13.1. The van der Waals surface area contributed by atoms with Crippen LogP contribution in [0.25, 0.3) is 0 Å². The molecule has 1 atom stereocenters. The van der Waals surface area contributed by atoms with Gasteiger partial charge in [0.25, 0.3) is 0 Å². The van der Waals surface area contributed by atoms with Crippen molar-refractivity contribution in [1.82, 2.24) is 5.32 Å². The Morgan fingerprint density at radius 2 is 2.00 bits per heavy atom. The third-order valence-corrected chi connectivity index (χ3v) is 3.45. The molecule has 0 bridgehead atoms. The molecular formula is C13H15BrN2O2. The molecule has 0 aliphatic carbocycles. The van der Waals surface area contributed by atoms with Gasteiger partial charge < -0.3 is 10.2 Å². The molecule has 1 N–H and O–H groups in total. The van der Waals surface area contributed by atoms with Gasteiger partial charge in [0.2, 0.25) is 11.8 Å². The van der Waals surface area contributed by atoms with Gasteiger partial charge in [-0.3, -0.25) is 9.59 Å². The van der Waals surface area contributed by atoms with Crippen molar-refractivity contribution in [3.05, 3.63) is 28.7 Å². The van der Waals surface area contributed by atoms with Crippen LogP contribution < -0.4 is 10.2 Å². The molecule has 18 heavy (non-hydrogen) atoms. The topological polar surface area (TPSA) is 49.4 Å². The van der Waals surface area contributed by atoms with Gasteiger partial charge in [-0.1, -0.05) is 29.3 Å². The van der Waals surface area contributed by atoms with Crippen molar-refractivity contribution in [3.63, 3.8) is 0 Å². The first-order valence-electron chi connectivity index (χ1n) is 5.98. The summed E-state index contributed by atoms with van der Waals surface area (Å²) in [5, 5.41) is 2.74. The molecule has 0 saturated carbocycles. The van der Waals surface area contributed by atoms with Crippen molar-refractivity contribution >= 4 is 33.4 Å². The van der Waals surface area contributed by atoms with Crippen molar-refractivity contribution in [1.29, 1.82) is 0 Å². The van der Waals surface area contributed by atoms with E-state index in [2.05, 4.69) is 21.2 Å². The number of hydrogen-bond donors (Lipinski definition) is 1. The molecule has 1 heterocycles. The largest absolute Gasteiger partial charge is 0.343 e. The average Bonchev–Trinajstić information content (AvgIpc) is 2.35. The van der Waals surface area contributed by atoms with Crippen LogP contribution in [-0.4, -0.2) is 24.4 Å². The Labute approximate surface area is 114 Å². The maximum atomic E-state index is 12.2. The molecule has 1 fully saturated rings. The highest BCUT2D eigenvalue weighted by molar-refractivity contribution is 9.10. The molecular weight excluding hydrogens is 296 g/mol. The number of carbonyl (C=O) groups is 2. The van der Waals surface area contributed by atoms with Crippen LogP contribution >= 0.6 is 15.9 Å². The lowest BCUT2D eigenvalue weighted by atomic mass is 10.1. The van der Waals surface area contributed by atoms with Gasteiger partial charge in [0.05, 0.1) is 0 Å². The van der Waals surface area contributed by atoms with Gasteiger partial charge in [-0.25, -0.2) is 0 Å². The smallest absolute Gasteiger partial charge is 0.250 e. The Hall–Kier alpha value is -1.36. The summed E-state index contributed by atoms with van der Waals surface area (Å²) in [5.41, 5.74) is 0.763. The standard InChI is InChI=1S/C13H15BrN2O2/c1-2-3-11-13(18)16(8-12(17)15-11)10-6-4-9(14)5-7-10/h4-7,11H,2-3,8H2,1H3,(H,15,17). The van der Waals surface area contributed by atoms with E-state index in [1.807, 2.05) is 31.2 Å². The Morgan fingerprint density at radius 1 is 1.33 bits per heavy atom. The third kappa shape index (κ3) is 2.72. The van der Waals surface area contributed by atoms with Crippen LogP contribution in [0.2, 0.25) is 0 Å². The van der Waals surface area contributed by atoms with Crippen LogP contribution in [0.4, 0.5) is 5.69 Å². The second-order valence-corrected chi connectivity index (χ2v) is 5.23. The summed E-state index contributed by atoms with van der Waals surface area (Å²) in [4.78, 5) is 25.4. The Bertz CT molecular complexity index is 459. The lowest BCUT2D eigenvalue weighted by Gasteiger charge is -2.32. The van der Waals surface area contributed by atoms with E-state index in [1.54, 1.807) is 4.90 Å². The summed E-state index contributed by atoms with van der Waals surface area (Å²) in [5.74, 6) is -0.130. The van der Waals surface area contributed by atoms with Crippen LogP contribution in [0.1, 0.15) is 19.8 Å². The van der Waals surface area contributed by atoms with Crippen LogP contribution in [-0.2, 0) is 9.59 Å². The molecule has 4 nitrogen and oxygen atoms in total. The maximum absolute atomic E-state index is 12.2. The highest BCUT2D eigenvalue weighted by atomic mass is 79.9. The van der Waals surface area contributed by atoms with Crippen molar-refractivity contribution in [2.24, 2.45) is 0 Å². The first-order valence-corrected chi connectivity index (χ1v) is 6.77. The molecule has 1 aliphatic rings. The van der Waals surface area contributed by atoms with E-state index < -0.39 is 0 Å². The van der Waals surface area contributed by atoms with Gasteiger partial charge in [-0.05, 0) is 30.7 Å². The molecule has 96 valence electrons. The van der Waals surface area contributed by atoms with Crippen LogP contribution in [0.5, 0.6) is 0 Å². The van der Waals surface area contributed by atoms with E-state index in [1.165, 1.54) is 0 Å². The second kappa shape index (κ2) is 5.52. The maximum Gasteiger partial charge on any atom is 0.250 e. The summed E-state index contributed by atoms with van der Waals surface area (Å²) in [6.45, 7) is 2.10. The van der Waals surface area contributed by atoms with Crippen molar-refractivity contribution < 1.29 is 9.59 Å². The number of carbonyl (C=O) groups excluding carboxylic acids is 2. The SMILES string of the molecule is CCCC1NC(=O)CN(c2ccc(Br)cc2)C1=O. The number of anilines is 1. The summed E-state index contributed by atoms with van der Waals surface area (Å²) >= 11 is 3.35. The fourth-order valence-electron chi connectivity index (χ4n) is 2.04. The summed E-state index contributed by atoms with van der Waals surface area (Å²) in [7, 11) is 0. The van der Waals surface area contributed by atoms with E-state index in [0.29, 0.717) is 6.42 Å². The number of halogens is 1. The molecule has 1 aromatic rings. The number of amides is 2. The number of nitrogens with one attached hydrogen (secondary N) is 1. The molecule has 0 radical (unpaired) electrons. The van der Waals surface area contributed by atoms with Gasteiger partial charge in [0, 0.05) is 10.2 Å². The average molecular weight is 311 g/mol. The van der Waals surface area contributed by atoms with Crippen LogP contribution in [0, 0.1) is 0 Å². The zero-order valence-corrected chi connectivity index (χ0v) is 11.7. The molecule has 5 heteroatoms. The Morgan fingerprint density at radius 3 is 2.61 bits per heavy atom. The fraction of sp³-hybridized carbons (Fsp3) is 0.385. The molecule has 1 aliphatic heterocycles. The zero-order valence-electron chi connectivity index (χ0n) is 10.1. The highest BCUT2D eigenvalue weighted by Crippen LogP contribution is 2.21. The first kappa shape index (κ1) is 13.1. The van der Waals surface area contributed by atoms with E-state index in [0.717, 1.165) is 16.6 Å². The van der Waals surface area contributed by atoms with Crippen molar-refractivity contribution in [2.75, 3.05) is 11.4 Å². The van der Waals surface area contributed by atoms with Crippen molar-refractivity contribution in [2.45, 2.75) is 25.8 Å². The van der Waals surface area contributed by atoms with Gasteiger partial charge in [0.1, 0.15) is 12.6 Å². The molecule has 1 aromatic carbocycles. The Kier molecular flexibility index (Phi) is 4.01. The minimum Gasteiger partial charge on any atom is -0.343 e. The van der Waals surface area contributed by atoms with Crippen LogP contribution in [0.15, 0.2) is 28.7 Å². The molecule has 1 saturated heterocycles. The summed E-state index contributed by atoms with van der Waals surface area (Å²) in [6.07, 6.45) is 1.54. The third-order valence-electron chi connectivity index (χ3n) is 2.92. The minimum absolute atomic E-state index is 0.0289. The minimum atomic E-state index is -0.389. The molecule has 0 spiro atoms. The molecule has 2 amide bonds. The summed E-state index contributed by atoms with van der Waals surface area (Å²) in [6, 6.07) is 7.01.